The van der Waals surface area contributed by atoms with Gasteiger partial charge in [0.15, 0.2) is 11.6 Å². The van der Waals surface area contributed by atoms with Crippen molar-refractivity contribution in [1.29, 1.82) is 0 Å². The Morgan fingerprint density at radius 2 is 1.28 bits per heavy atom. The lowest BCUT2D eigenvalue weighted by atomic mass is 9.54. The molecule has 0 spiro atoms. The van der Waals surface area contributed by atoms with Gasteiger partial charge < -0.3 is 9.47 Å². The van der Waals surface area contributed by atoms with Gasteiger partial charge in [-0.1, -0.05) is 83.1 Å². The number of cyclic esters (lactones) is 1. The van der Waals surface area contributed by atoms with Crippen LogP contribution in [0.15, 0.2) is 16.3 Å². The molecule has 8 heteroatoms. The number of allylic oxidation sites excluding steroid dienone is 1. The minimum Gasteiger partial charge on any atom is -0.452 e. The molecule has 2 atom stereocenters. The van der Waals surface area contributed by atoms with Gasteiger partial charge in [0.05, 0.1) is 0 Å². The minimum atomic E-state index is -2.11. The van der Waals surface area contributed by atoms with Crippen LogP contribution in [0.2, 0.25) is 0 Å². The number of Topliss-reactive ketones (excluding diaryl/α,β-unsaturated/α-hetero) is 2. The van der Waals surface area contributed by atoms with Gasteiger partial charge in [-0.15, -0.1) is 0 Å². The van der Waals surface area contributed by atoms with Crippen molar-refractivity contribution in [1.82, 2.24) is 4.90 Å². The lowest BCUT2D eigenvalue weighted by Crippen LogP contribution is -2.84. The van der Waals surface area contributed by atoms with E-state index in [1.807, 2.05) is 48.5 Å². The van der Waals surface area contributed by atoms with Crippen LogP contribution in [0.4, 0.5) is 0 Å². The van der Waals surface area contributed by atoms with Crippen LogP contribution in [0.3, 0.4) is 0 Å². The van der Waals surface area contributed by atoms with E-state index in [-0.39, 0.29) is 29.3 Å². The lowest BCUT2D eigenvalue weighted by Gasteiger charge is -2.63. The Hall–Kier alpha value is -2.51. The number of amidine groups is 1. The Balaban J connectivity index is 3.18. The number of amides is 1. The zero-order valence-electron chi connectivity index (χ0n) is 27.0. The molecule has 0 aromatic heterocycles. The van der Waals surface area contributed by atoms with E-state index in [1.165, 1.54) is 4.90 Å². The number of esters is 1. The number of rotatable bonds is 5. The molecule has 0 aliphatic carbocycles. The minimum absolute atomic E-state index is 0.106. The molecule has 39 heavy (non-hydrogen) atoms. The average molecular weight is 547 g/mol. The van der Waals surface area contributed by atoms with E-state index >= 15 is 0 Å². The first-order valence-corrected chi connectivity index (χ1v) is 13.9. The fourth-order valence-corrected chi connectivity index (χ4v) is 5.19. The van der Waals surface area contributed by atoms with Crippen molar-refractivity contribution in [2.24, 2.45) is 32.1 Å². The second-order valence-electron chi connectivity index (χ2n) is 15.5. The zero-order valence-corrected chi connectivity index (χ0v) is 27.0. The molecular formula is C31H50N2O6. The largest absolute Gasteiger partial charge is 0.452 e. The molecule has 2 heterocycles. The van der Waals surface area contributed by atoms with E-state index in [1.54, 1.807) is 62.3 Å². The fraction of sp³-hybridized carbons (Fsp3) is 0.774. The van der Waals surface area contributed by atoms with Gasteiger partial charge in [-0.2, -0.15) is 0 Å². The third kappa shape index (κ3) is 4.97. The van der Waals surface area contributed by atoms with Crippen LogP contribution in [-0.2, 0) is 28.7 Å². The van der Waals surface area contributed by atoms with Crippen molar-refractivity contribution < 1.29 is 28.7 Å². The first-order valence-electron chi connectivity index (χ1n) is 13.9. The number of hydrogen-bond acceptors (Lipinski definition) is 7. The van der Waals surface area contributed by atoms with E-state index in [0.29, 0.717) is 0 Å². The Morgan fingerprint density at radius 3 is 1.62 bits per heavy atom. The molecule has 1 fully saturated rings. The van der Waals surface area contributed by atoms with E-state index in [9.17, 15) is 19.2 Å². The highest BCUT2D eigenvalue weighted by atomic mass is 16.7. The van der Waals surface area contributed by atoms with Gasteiger partial charge in [0.25, 0.3) is 11.7 Å². The number of ether oxygens (including phenoxy) is 2. The van der Waals surface area contributed by atoms with Crippen LogP contribution in [0.5, 0.6) is 0 Å². The number of carbonyl (C=O) groups excluding carboxylic acids is 4. The van der Waals surface area contributed by atoms with Crippen LogP contribution >= 0.6 is 0 Å². The predicted octanol–water partition coefficient (Wildman–Crippen LogP) is 5.88. The van der Waals surface area contributed by atoms with Crippen LogP contribution in [0, 0.1) is 27.1 Å². The summed E-state index contributed by atoms with van der Waals surface area (Å²) in [5.41, 5.74) is -6.12. The number of hydrogen-bond donors (Lipinski definition) is 0. The number of carbonyl (C=O) groups is 4. The van der Waals surface area contributed by atoms with Crippen molar-refractivity contribution in [3.63, 3.8) is 0 Å². The highest BCUT2D eigenvalue weighted by Crippen LogP contribution is 2.61. The fourth-order valence-electron chi connectivity index (χ4n) is 5.19. The molecule has 0 saturated carbocycles. The molecule has 0 aromatic rings. The molecule has 1 amide bonds. The maximum Gasteiger partial charge on any atom is 0.348 e. The summed E-state index contributed by atoms with van der Waals surface area (Å²) in [7, 11) is 0. The van der Waals surface area contributed by atoms with Crippen molar-refractivity contribution in [3.05, 3.63) is 11.3 Å². The monoisotopic (exact) mass is 546 g/mol. The van der Waals surface area contributed by atoms with Crippen molar-refractivity contribution in [2.45, 2.75) is 129 Å². The molecule has 8 nitrogen and oxygen atoms in total. The molecule has 0 N–H and O–H groups in total. The van der Waals surface area contributed by atoms with E-state index < -0.39 is 56.3 Å². The second-order valence-corrected chi connectivity index (χ2v) is 15.5. The smallest absolute Gasteiger partial charge is 0.348 e. The predicted molar refractivity (Wildman–Crippen MR) is 152 cm³/mol. The zero-order chi connectivity index (χ0) is 30.9. The molecule has 2 rings (SSSR count). The van der Waals surface area contributed by atoms with Gasteiger partial charge in [0, 0.05) is 33.7 Å². The maximum atomic E-state index is 14.6. The summed E-state index contributed by atoms with van der Waals surface area (Å²) in [4.78, 5) is 63.0. The Labute approximate surface area is 235 Å². The number of likely N-dealkylation sites (tertiary alicyclic amines) is 1. The van der Waals surface area contributed by atoms with Gasteiger partial charge >= 0.3 is 5.97 Å². The highest BCUT2D eigenvalue weighted by Gasteiger charge is 2.83. The summed E-state index contributed by atoms with van der Waals surface area (Å²) in [5.74, 6) is -4.11. The van der Waals surface area contributed by atoms with Crippen LogP contribution < -0.4 is 0 Å². The van der Waals surface area contributed by atoms with Gasteiger partial charge in [0.1, 0.15) is 17.2 Å². The Morgan fingerprint density at radius 1 is 0.795 bits per heavy atom. The Kier molecular flexibility index (Phi) is 8.01. The first-order chi connectivity index (χ1) is 17.2. The highest BCUT2D eigenvalue weighted by molar-refractivity contribution is 6.38. The summed E-state index contributed by atoms with van der Waals surface area (Å²) in [6, 6.07) is -0.573. The van der Waals surface area contributed by atoms with Crippen LogP contribution in [0.1, 0.15) is 111 Å². The van der Waals surface area contributed by atoms with Gasteiger partial charge in [-0.3, -0.25) is 24.3 Å². The van der Waals surface area contributed by atoms with Gasteiger partial charge in [0.2, 0.25) is 5.41 Å². The van der Waals surface area contributed by atoms with Crippen molar-refractivity contribution >= 4 is 29.3 Å². The van der Waals surface area contributed by atoms with Gasteiger partial charge in [-0.25, -0.2) is 4.79 Å². The molecule has 1 saturated heterocycles. The maximum absolute atomic E-state index is 14.6. The summed E-state index contributed by atoms with van der Waals surface area (Å²) < 4.78 is 13.0. The second kappa shape index (κ2) is 9.55. The quantitative estimate of drug-likeness (QED) is 0.185. The summed E-state index contributed by atoms with van der Waals surface area (Å²) in [5, 5.41) is 0. The average Bonchev–Trinajstić information content (AvgIpc) is 2.69. The third-order valence-corrected chi connectivity index (χ3v) is 7.01. The molecule has 0 aromatic carbocycles. The lowest BCUT2D eigenvalue weighted by molar-refractivity contribution is -0.306. The van der Waals surface area contributed by atoms with E-state index in [0.717, 1.165) is 0 Å². The summed E-state index contributed by atoms with van der Waals surface area (Å²) >= 11 is 0. The van der Waals surface area contributed by atoms with Crippen molar-refractivity contribution in [2.75, 3.05) is 0 Å². The molecule has 0 bridgehead atoms. The van der Waals surface area contributed by atoms with Gasteiger partial charge in [-0.05, 0) is 27.7 Å². The Bertz CT molecular complexity index is 1130. The van der Waals surface area contributed by atoms with Crippen LogP contribution in [0.25, 0.3) is 0 Å². The molecule has 2 aliphatic rings. The molecule has 220 valence electrons. The third-order valence-electron chi connectivity index (χ3n) is 7.01. The standard InChI is InChI=1S/C31H50N2O6/c1-17(2)32-24-30(23(36)28(11,12)13,25(37)33(24)18(3)4)31(29(14,15)16)38-21(27(8,9)10)19(22(35)39-31)20(34)26(5,6)7/h17-18H,1-16H3. The number of β-lactam (4-membered cyclic amide) rings is 1. The SMILES string of the molecule is CC(C)N=C1N(C(C)C)C(=O)C1(C(=O)C(C)(C)C)C1(C(C)(C)C)OC(=O)C(C(=O)C(C)(C)C)=C(C(C)(C)C)O1. The van der Waals surface area contributed by atoms with E-state index in [4.69, 9.17) is 14.5 Å². The molecular weight excluding hydrogens is 496 g/mol. The van der Waals surface area contributed by atoms with E-state index in [2.05, 4.69) is 0 Å². The topological polar surface area (TPSA) is 102 Å². The number of aliphatic imine (C=N–C) groups is 1. The normalized spacial score (nSPS) is 26.2. The number of nitrogens with zero attached hydrogens (tertiary/aromatic N) is 2. The molecule has 2 aliphatic heterocycles. The van der Waals surface area contributed by atoms with Crippen LogP contribution in [-0.4, -0.2) is 52.0 Å². The first kappa shape index (κ1) is 32.7. The summed E-state index contributed by atoms with van der Waals surface area (Å²) in [6.45, 7) is 28.5. The number of ketones is 2. The summed E-state index contributed by atoms with van der Waals surface area (Å²) in [6.07, 6.45) is 0. The molecule has 2 unspecified atom stereocenters. The van der Waals surface area contributed by atoms with Crippen molar-refractivity contribution in [3.8, 4) is 0 Å². The molecule has 0 radical (unpaired) electrons.